The predicted molar refractivity (Wildman–Crippen MR) is 132 cm³/mol. The van der Waals surface area contributed by atoms with Gasteiger partial charge in [-0.05, 0) is 56.5 Å². The van der Waals surface area contributed by atoms with Crippen LogP contribution < -0.4 is 9.21 Å². The lowest BCUT2D eigenvalue weighted by Gasteiger charge is -2.38. The molecule has 0 unspecified atom stereocenters. The van der Waals surface area contributed by atoms with Crippen molar-refractivity contribution in [3.05, 3.63) is 77.1 Å². The molecule has 36 heavy (non-hydrogen) atoms. The number of amides is 1. The van der Waals surface area contributed by atoms with Gasteiger partial charge in [0.2, 0.25) is 0 Å². The molecule has 1 amide bonds. The van der Waals surface area contributed by atoms with Crippen molar-refractivity contribution in [1.29, 1.82) is 5.26 Å². The average Bonchev–Trinajstić information content (AvgIpc) is 3.35. The molecule has 190 valence electrons. The van der Waals surface area contributed by atoms with Crippen molar-refractivity contribution < 1.29 is 22.4 Å². The molecule has 1 N–H and O–H groups in total. The predicted octanol–water partition coefficient (Wildman–Crippen LogP) is 5.71. The van der Waals surface area contributed by atoms with Crippen LogP contribution in [0.15, 0.2) is 48.8 Å². The molecule has 0 saturated heterocycles. The number of alkyl halides is 3. The molecule has 0 aliphatic rings. The van der Waals surface area contributed by atoms with Crippen molar-refractivity contribution in [3.63, 3.8) is 0 Å². The van der Waals surface area contributed by atoms with E-state index in [1.165, 1.54) is 6.07 Å². The summed E-state index contributed by atoms with van der Waals surface area (Å²) in [6.07, 6.45) is 0.916. The second-order valence-corrected chi connectivity index (χ2v) is 9.12. The van der Waals surface area contributed by atoms with Crippen LogP contribution >= 0.6 is 12.8 Å². The molecule has 0 spiro atoms. The van der Waals surface area contributed by atoms with Gasteiger partial charge < -0.3 is 9.88 Å². The molecule has 2 aromatic carbocycles. The van der Waals surface area contributed by atoms with E-state index in [4.69, 9.17) is 5.26 Å². The van der Waals surface area contributed by atoms with Crippen molar-refractivity contribution in [2.45, 2.75) is 44.8 Å². The number of thiol groups is 1. The Hall–Kier alpha value is -3.52. The normalized spacial score (nSPS) is 11.8. The Bertz CT molecular complexity index is 1250. The third kappa shape index (κ3) is 5.65. The van der Waals surface area contributed by atoms with Crippen LogP contribution in [-0.2, 0) is 23.8 Å². The van der Waals surface area contributed by atoms with Crippen LogP contribution in [0, 0.1) is 17.1 Å². The number of aromatic amines is 1. The zero-order valence-electron chi connectivity index (χ0n) is 19.9. The highest BCUT2D eigenvalue weighted by molar-refractivity contribution is 7.82. The van der Waals surface area contributed by atoms with E-state index < -0.39 is 40.3 Å². The first kappa shape index (κ1) is 27.1. The molecule has 0 atom stereocenters. The first-order valence-corrected chi connectivity index (χ1v) is 11.4. The number of imidazole rings is 1. The molecule has 0 bridgehead atoms. The van der Waals surface area contributed by atoms with Gasteiger partial charge in [-0.25, -0.2) is 9.37 Å². The highest BCUT2D eigenvalue weighted by atomic mass is 32.1. The number of benzene rings is 2. The summed E-state index contributed by atoms with van der Waals surface area (Å²) >= 11 is 4.03. The molecule has 3 rings (SSSR count). The summed E-state index contributed by atoms with van der Waals surface area (Å²) in [6.45, 7) is 3.12. The Kier molecular flexibility index (Phi) is 7.99. The van der Waals surface area contributed by atoms with Gasteiger partial charge in [0, 0.05) is 31.5 Å². The van der Waals surface area contributed by atoms with E-state index in [-0.39, 0.29) is 0 Å². The maximum Gasteiger partial charge on any atom is 0.420 e. The van der Waals surface area contributed by atoms with Crippen molar-refractivity contribution in [2.75, 3.05) is 16.3 Å². The van der Waals surface area contributed by atoms with Crippen molar-refractivity contribution in [1.82, 2.24) is 9.97 Å². The van der Waals surface area contributed by atoms with E-state index in [2.05, 4.69) is 22.8 Å². The lowest BCUT2D eigenvalue weighted by atomic mass is 9.99. The highest BCUT2D eigenvalue weighted by Gasteiger charge is 2.41. The molecule has 6 nitrogen and oxygen atoms in total. The summed E-state index contributed by atoms with van der Waals surface area (Å²) in [5.41, 5.74) is -2.83. The van der Waals surface area contributed by atoms with E-state index in [1.807, 2.05) is 24.3 Å². The maximum absolute atomic E-state index is 14.8. The average molecular weight is 520 g/mol. The van der Waals surface area contributed by atoms with E-state index in [0.29, 0.717) is 9.99 Å². The summed E-state index contributed by atoms with van der Waals surface area (Å²) in [5, 5.41) is 8.96. The smallest absolute Gasteiger partial charge is 0.361 e. The Morgan fingerprint density at radius 3 is 2.36 bits per heavy atom. The molecule has 0 aliphatic heterocycles. The minimum Gasteiger partial charge on any atom is -0.361 e. The largest absolute Gasteiger partial charge is 0.420 e. The fraction of sp³-hybridized carbons (Fsp3) is 0.320. The van der Waals surface area contributed by atoms with Gasteiger partial charge in [-0.1, -0.05) is 24.9 Å². The number of nitrogens with one attached hydrogen (secondary N) is 1. The topological polar surface area (TPSA) is 76.0 Å². The number of aromatic nitrogens is 2. The number of hydrogen-bond donors (Lipinski definition) is 2. The lowest BCUT2D eigenvalue weighted by molar-refractivity contribution is -0.140. The third-order valence-electron chi connectivity index (χ3n) is 6.07. The summed E-state index contributed by atoms with van der Waals surface area (Å²) in [7, 11) is 1.65. The molecule has 3 aromatic rings. The minimum atomic E-state index is -5.12. The number of anilines is 2. The Morgan fingerprint density at radius 2 is 1.81 bits per heavy atom. The first-order chi connectivity index (χ1) is 16.9. The molecule has 0 aliphatic carbocycles. The quantitative estimate of drug-likeness (QED) is 0.295. The molecule has 1 heterocycles. The van der Waals surface area contributed by atoms with E-state index in [1.54, 1.807) is 38.2 Å². The number of likely N-dealkylation sites (N-methyl/N-ethyl adjacent to an activating group) is 1. The second kappa shape index (κ2) is 10.6. The van der Waals surface area contributed by atoms with E-state index >= 15 is 0 Å². The number of carbonyl (C=O) groups excluding carboxylic acids is 1. The molecular formula is C25H25F4N5OS. The molecule has 0 radical (unpaired) electrons. The van der Waals surface area contributed by atoms with Gasteiger partial charge in [0.1, 0.15) is 16.9 Å². The Morgan fingerprint density at radius 1 is 1.14 bits per heavy atom. The molecular weight excluding hydrogens is 494 g/mol. The van der Waals surface area contributed by atoms with Crippen LogP contribution in [0.2, 0.25) is 0 Å². The van der Waals surface area contributed by atoms with Gasteiger partial charge in [0.25, 0.3) is 5.91 Å². The Balaban J connectivity index is 1.76. The SMILES string of the molecule is CN(c1ccc(CCCc2ncc[nH]2)cc1)C(C)(C)C(=O)N(S)c1ccc(C#N)c(C(F)(F)F)c1F. The zero-order chi connectivity index (χ0) is 26.7. The summed E-state index contributed by atoms with van der Waals surface area (Å²) < 4.78 is 55.5. The summed E-state index contributed by atoms with van der Waals surface area (Å²) in [4.78, 5) is 22.1. The number of carbonyl (C=O) groups is 1. The number of rotatable bonds is 8. The molecule has 0 saturated carbocycles. The zero-order valence-corrected chi connectivity index (χ0v) is 20.8. The van der Waals surface area contributed by atoms with Crippen LogP contribution in [-0.4, -0.2) is 28.5 Å². The molecule has 0 fully saturated rings. The first-order valence-electron chi connectivity index (χ1n) is 11.0. The van der Waals surface area contributed by atoms with Crippen LogP contribution in [0.1, 0.15) is 42.8 Å². The molecule has 1 aromatic heterocycles. The van der Waals surface area contributed by atoms with Crippen molar-refractivity contribution in [2.24, 2.45) is 0 Å². The number of nitriles is 1. The number of halogens is 4. The van der Waals surface area contributed by atoms with Gasteiger partial charge in [0.05, 0.1) is 17.3 Å². The molecule has 11 heteroatoms. The Labute approximate surface area is 212 Å². The fourth-order valence-corrected chi connectivity index (χ4v) is 4.11. The van der Waals surface area contributed by atoms with E-state index in [0.717, 1.165) is 42.8 Å². The minimum absolute atomic E-state index is 0.547. The third-order valence-corrected chi connectivity index (χ3v) is 6.46. The standard InChI is InChI=1S/C25H25F4N5OS/c1-24(2,23(35)34(36)19-12-9-17(15-30)21(22(19)26)25(27,28)29)33(3)18-10-7-16(8-11-18)5-4-6-20-31-13-14-32-20/h7-14,36H,4-6H2,1-3H3,(H,31,32). The number of H-pyrrole nitrogens is 1. The van der Waals surface area contributed by atoms with E-state index in [9.17, 15) is 22.4 Å². The second-order valence-electron chi connectivity index (χ2n) is 8.72. The van der Waals surface area contributed by atoms with Gasteiger partial charge >= 0.3 is 6.18 Å². The highest BCUT2D eigenvalue weighted by Crippen LogP contribution is 2.39. The summed E-state index contributed by atoms with van der Waals surface area (Å²) in [5.74, 6) is -1.57. The fourth-order valence-electron chi connectivity index (χ4n) is 3.71. The monoisotopic (exact) mass is 519 g/mol. The van der Waals surface area contributed by atoms with Crippen LogP contribution in [0.4, 0.5) is 28.9 Å². The van der Waals surface area contributed by atoms with Crippen molar-refractivity contribution in [3.8, 4) is 6.07 Å². The maximum atomic E-state index is 14.8. The van der Waals surface area contributed by atoms with Gasteiger partial charge in [-0.15, -0.1) is 0 Å². The lowest BCUT2D eigenvalue weighted by Crippen LogP contribution is -2.53. The van der Waals surface area contributed by atoms with Gasteiger partial charge in [0.15, 0.2) is 5.82 Å². The number of hydrogen-bond acceptors (Lipinski definition) is 5. The summed E-state index contributed by atoms with van der Waals surface area (Å²) in [6, 6.07) is 10.6. The number of aryl methyl sites for hydroxylation is 2. The van der Waals surface area contributed by atoms with Crippen molar-refractivity contribution >= 4 is 30.1 Å². The van der Waals surface area contributed by atoms with Crippen LogP contribution in [0.3, 0.4) is 0 Å². The number of nitrogens with zero attached hydrogens (tertiary/aromatic N) is 4. The van der Waals surface area contributed by atoms with Gasteiger partial charge in [-0.3, -0.25) is 9.10 Å². The van der Waals surface area contributed by atoms with Gasteiger partial charge in [-0.2, -0.15) is 18.4 Å². The van der Waals surface area contributed by atoms with Crippen LogP contribution in [0.5, 0.6) is 0 Å². The van der Waals surface area contributed by atoms with Crippen LogP contribution in [0.25, 0.3) is 0 Å².